The monoisotopic (exact) mass is 375 g/mol. The smallest absolute Gasteiger partial charge is 0.387 e. The molecule has 0 radical (unpaired) electrons. The fourth-order valence-electron chi connectivity index (χ4n) is 2.02. The summed E-state index contributed by atoms with van der Waals surface area (Å²) in [6.07, 6.45) is -0.965. The molecule has 0 amide bonds. The van der Waals surface area contributed by atoms with Gasteiger partial charge in [-0.1, -0.05) is 0 Å². The van der Waals surface area contributed by atoms with Crippen molar-refractivity contribution in [1.29, 1.82) is 5.26 Å². The van der Waals surface area contributed by atoms with Gasteiger partial charge in [0.1, 0.15) is 11.5 Å². The minimum atomic E-state index is -2.95. The van der Waals surface area contributed by atoms with E-state index in [1.165, 1.54) is 43.3 Å². The molecule has 0 aliphatic rings. The number of hydrogen-bond acceptors (Lipinski definition) is 6. The van der Waals surface area contributed by atoms with Crippen molar-refractivity contribution in [3.05, 3.63) is 59.7 Å². The zero-order chi connectivity index (χ0) is 19.8. The number of esters is 1. The molecular weight excluding hydrogens is 360 g/mol. The number of halogens is 2. The first-order chi connectivity index (χ1) is 12.9. The Morgan fingerprint density at radius 3 is 2.11 bits per heavy atom. The lowest BCUT2D eigenvalue weighted by Gasteiger charge is -2.13. The number of alkyl halides is 2. The van der Waals surface area contributed by atoms with Gasteiger partial charge >= 0.3 is 12.6 Å². The maximum atomic E-state index is 12.1. The first kappa shape index (κ1) is 19.8. The van der Waals surface area contributed by atoms with Crippen molar-refractivity contribution in [2.75, 3.05) is 6.61 Å². The molecule has 2 rings (SSSR count). The highest BCUT2D eigenvalue weighted by Crippen LogP contribution is 2.16. The largest absolute Gasteiger partial charge is 0.479 e. The van der Waals surface area contributed by atoms with E-state index < -0.39 is 31.1 Å². The second-order valence-corrected chi connectivity index (χ2v) is 5.33. The van der Waals surface area contributed by atoms with Gasteiger partial charge in [-0.25, -0.2) is 4.79 Å². The Hall–Kier alpha value is -3.47. The molecular formula is C19H15F2NO5. The van der Waals surface area contributed by atoms with Crippen LogP contribution in [-0.2, 0) is 9.53 Å². The van der Waals surface area contributed by atoms with E-state index in [-0.39, 0.29) is 11.3 Å². The lowest BCUT2D eigenvalue weighted by Crippen LogP contribution is -2.28. The van der Waals surface area contributed by atoms with Gasteiger partial charge in [0.15, 0.2) is 18.5 Å². The normalized spacial score (nSPS) is 11.4. The van der Waals surface area contributed by atoms with E-state index in [4.69, 9.17) is 14.7 Å². The summed E-state index contributed by atoms with van der Waals surface area (Å²) in [7, 11) is 0. The van der Waals surface area contributed by atoms with Gasteiger partial charge in [0, 0.05) is 5.56 Å². The second kappa shape index (κ2) is 9.29. The summed E-state index contributed by atoms with van der Waals surface area (Å²) in [6, 6.07) is 13.2. The number of Topliss-reactive ketones (excluding diaryl/α,β-unsaturated/α-hetero) is 1. The Morgan fingerprint density at radius 2 is 1.56 bits per heavy atom. The van der Waals surface area contributed by atoms with Crippen LogP contribution in [0.1, 0.15) is 22.8 Å². The van der Waals surface area contributed by atoms with Crippen LogP contribution in [0.25, 0.3) is 0 Å². The van der Waals surface area contributed by atoms with E-state index in [1.54, 1.807) is 12.1 Å². The van der Waals surface area contributed by atoms with Crippen molar-refractivity contribution >= 4 is 11.8 Å². The molecule has 0 spiro atoms. The van der Waals surface area contributed by atoms with Crippen LogP contribution in [0.2, 0.25) is 0 Å². The van der Waals surface area contributed by atoms with E-state index in [0.717, 1.165) is 0 Å². The molecule has 0 aliphatic carbocycles. The first-order valence-corrected chi connectivity index (χ1v) is 7.80. The van der Waals surface area contributed by atoms with Crippen LogP contribution in [0.15, 0.2) is 48.5 Å². The van der Waals surface area contributed by atoms with Crippen LogP contribution in [0, 0.1) is 11.3 Å². The number of carbonyl (C=O) groups is 2. The third kappa shape index (κ3) is 6.08. The Morgan fingerprint density at radius 1 is 1.00 bits per heavy atom. The predicted octanol–water partition coefficient (Wildman–Crippen LogP) is 3.35. The highest BCUT2D eigenvalue weighted by Gasteiger charge is 2.18. The van der Waals surface area contributed by atoms with Gasteiger partial charge < -0.3 is 14.2 Å². The molecule has 0 aliphatic heterocycles. The summed E-state index contributed by atoms with van der Waals surface area (Å²) in [6.45, 7) is -2.01. The average molecular weight is 375 g/mol. The van der Waals surface area contributed by atoms with Gasteiger partial charge in [-0.15, -0.1) is 0 Å². The van der Waals surface area contributed by atoms with Crippen molar-refractivity contribution in [2.45, 2.75) is 19.6 Å². The lowest BCUT2D eigenvalue weighted by molar-refractivity contribution is -0.149. The number of nitrogens with zero attached hydrogens (tertiary/aromatic N) is 1. The Kier molecular flexibility index (Phi) is 6.83. The fourth-order valence-corrected chi connectivity index (χ4v) is 2.02. The van der Waals surface area contributed by atoms with Crippen LogP contribution in [0.4, 0.5) is 8.78 Å². The maximum Gasteiger partial charge on any atom is 0.387 e. The zero-order valence-electron chi connectivity index (χ0n) is 14.2. The van der Waals surface area contributed by atoms with Crippen molar-refractivity contribution in [3.63, 3.8) is 0 Å². The van der Waals surface area contributed by atoms with E-state index in [9.17, 15) is 18.4 Å². The lowest BCUT2D eigenvalue weighted by atomic mass is 10.1. The molecule has 1 atom stereocenters. The van der Waals surface area contributed by atoms with Crippen molar-refractivity contribution in [1.82, 2.24) is 0 Å². The standard InChI is InChI=1S/C19H15F2NO5/c1-12(26-15-6-2-13(10-22)3-7-15)18(24)25-11-17(23)14-4-8-16(9-5-14)27-19(20)21/h2-9,12,19H,11H2,1H3/t12-/m0/s1. The number of ketones is 1. The fraction of sp³-hybridized carbons (Fsp3) is 0.211. The maximum absolute atomic E-state index is 12.1. The Bertz CT molecular complexity index is 829. The molecule has 0 unspecified atom stereocenters. The average Bonchev–Trinajstić information content (AvgIpc) is 2.66. The first-order valence-electron chi connectivity index (χ1n) is 7.80. The van der Waals surface area contributed by atoms with Crippen molar-refractivity contribution in [3.8, 4) is 17.6 Å². The second-order valence-electron chi connectivity index (χ2n) is 5.33. The molecule has 0 N–H and O–H groups in total. The summed E-state index contributed by atoms with van der Waals surface area (Å²) < 4.78 is 38.7. The SMILES string of the molecule is C[C@H](Oc1ccc(C#N)cc1)C(=O)OCC(=O)c1ccc(OC(F)F)cc1. The Balaban J connectivity index is 1.84. The van der Waals surface area contributed by atoms with E-state index in [0.29, 0.717) is 11.3 Å². The van der Waals surface area contributed by atoms with Gasteiger partial charge in [-0.05, 0) is 55.5 Å². The molecule has 2 aromatic carbocycles. The molecule has 6 nitrogen and oxygen atoms in total. The highest BCUT2D eigenvalue weighted by atomic mass is 19.3. The van der Waals surface area contributed by atoms with E-state index in [1.807, 2.05) is 6.07 Å². The molecule has 27 heavy (non-hydrogen) atoms. The number of hydrogen-bond donors (Lipinski definition) is 0. The highest BCUT2D eigenvalue weighted by molar-refractivity contribution is 5.98. The molecule has 0 saturated heterocycles. The molecule has 0 aromatic heterocycles. The van der Waals surface area contributed by atoms with Gasteiger partial charge in [0.25, 0.3) is 0 Å². The van der Waals surface area contributed by atoms with E-state index >= 15 is 0 Å². The Labute approximate surface area is 153 Å². The molecule has 0 heterocycles. The van der Waals surface area contributed by atoms with Gasteiger partial charge in [0.05, 0.1) is 11.6 Å². The van der Waals surface area contributed by atoms with Gasteiger partial charge in [-0.3, -0.25) is 4.79 Å². The van der Waals surface area contributed by atoms with Crippen molar-refractivity contribution < 1.29 is 32.6 Å². The summed E-state index contributed by atoms with van der Waals surface area (Å²) in [5.74, 6) is -0.953. The number of nitriles is 1. The number of benzene rings is 2. The molecule has 8 heteroatoms. The third-order valence-electron chi connectivity index (χ3n) is 3.38. The molecule has 0 saturated carbocycles. The number of carbonyl (C=O) groups excluding carboxylic acids is 2. The van der Waals surface area contributed by atoms with Crippen LogP contribution < -0.4 is 9.47 Å². The van der Waals surface area contributed by atoms with Crippen molar-refractivity contribution in [2.24, 2.45) is 0 Å². The van der Waals surface area contributed by atoms with Gasteiger partial charge in [-0.2, -0.15) is 14.0 Å². The van der Waals surface area contributed by atoms with Crippen LogP contribution >= 0.6 is 0 Å². The van der Waals surface area contributed by atoms with E-state index in [2.05, 4.69) is 4.74 Å². The van der Waals surface area contributed by atoms with Gasteiger partial charge in [0.2, 0.25) is 0 Å². The minimum Gasteiger partial charge on any atom is -0.479 e. The number of rotatable bonds is 8. The topological polar surface area (TPSA) is 85.6 Å². The molecule has 2 aromatic rings. The number of ether oxygens (including phenoxy) is 3. The minimum absolute atomic E-state index is 0.0806. The molecule has 0 fully saturated rings. The third-order valence-corrected chi connectivity index (χ3v) is 3.38. The predicted molar refractivity (Wildman–Crippen MR) is 89.6 cm³/mol. The van der Waals surface area contributed by atoms with Crippen LogP contribution in [0.3, 0.4) is 0 Å². The summed E-state index contributed by atoms with van der Waals surface area (Å²) in [5, 5.41) is 8.73. The summed E-state index contributed by atoms with van der Waals surface area (Å²) in [5.41, 5.74) is 0.637. The quantitative estimate of drug-likeness (QED) is 0.520. The zero-order valence-corrected chi connectivity index (χ0v) is 14.2. The molecule has 140 valence electrons. The summed E-state index contributed by atoms with van der Waals surface area (Å²) in [4.78, 5) is 23.9. The summed E-state index contributed by atoms with van der Waals surface area (Å²) >= 11 is 0. The van der Waals surface area contributed by atoms with Crippen LogP contribution in [-0.4, -0.2) is 31.1 Å². The molecule has 0 bridgehead atoms. The van der Waals surface area contributed by atoms with Crippen LogP contribution in [0.5, 0.6) is 11.5 Å².